The Morgan fingerprint density at radius 1 is 1.17 bits per heavy atom. The van der Waals surface area contributed by atoms with Crippen molar-refractivity contribution in [3.63, 3.8) is 0 Å². The number of nitrogens with one attached hydrogen (secondary N) is 1. The summed E-state index contributed by atoms with van der Waals surface area (Å²) in [6.07, 6.45) is 3.89. The number of aromatic nitrogens is 2. The highest BCUT2D eigenvalue weighted by molar-refractivity contribution is 6.79. The number of rotatable bonds is 15. The van der Waals surface area contributed by atoms with Gasteiger partial charge in [-0.2, -0.15) is 0 Å². The first-order valence-corrected chi connectivity index (χ1v) is 17.7. The Morgan fingerprint density at radius 2 is 1.83 bits per heavy atom. The second-order valence-electron chi connectivity index (χ2n) is 9.15. The number of carbonyl (C=O) groups is 2. The van der Waals surface area contributed by atoms with Crippen LogP contribution in [0.5, 0.6) is 0 Å². The number of nitrogens with zero attached hydrogens (tertiary/aromatic N) is 2. The van der Waals surface area contributed by atoms with Crippen molar-refractivity contribution in [2.45, 2.75) is 89.8 Å². The normalized spacial score (nSPS) is 13.1. The molecule has 1 heterocycles. The van der Waals surface area contributed by atoms with Gasteiger partial charge in [-0.15, -0.1) is 0 Å². The van der Waals surface area contributed by atoms with Gasteiger partial charge in [-0.1, -0.05) is 58.5 Å². The topological polar surface area (TPSA) is 82.5 Å². The van der Waals surface area contributed by atoms with Crippen LogP contribution in [0.2, 0.25) is 49.9 Å². The number of amides is 1. The summed E-state index contributed by atoms with van der Waals surface area (Å²) in [5.74, 6) is 0.603. The van der Waals surface area contributed by atoms with Crippen LogP contribution >= 0.6 is 0 Å². The molecule has 0 radical (unpaired) electrons. The first-order chi connectivity index (χ1) is 14.2. The van der Waals surface area contributed by atoms with Gasteiger partial charge >= 0.3 is 6.09 Å². The molecule has 0 aliphatic carbocycles. The minimum Gasteiger partial charge on any atom is -0.450 e. The van der Waals surface area contributed by atoms with E-state index in [0.717, 1.165) is 18.4 Å². The highest BCUT2D eigenvalue weighted by atomic mass is 28.3. The number of aldehydes is 1. The molecule has 0 aromatic carbocycles. The van der Waals surface area contributed by atoms with Gasteiger partial charge in [0.1, 0.15) is 18.8 Å². The number of alkyl carbamates (subject to hydrolysis) is 1. The van der Waals surface area contributed by atoms with Gasteiger partial charge in [0, 0.05) is 33.5 Å². The van der Waals surface area contributed by atoms with Gasteiger partial charge in [-0.3, -0.25) is 0 Å². The molecule has 1 amide bonds. The zero-order valence-corrected chi connectivity index (χ0v) is 21.7. The van der Waals surface area contributed by atoms with Gasteiger partial charge in [0.15, 0.2) is 0 Å². The van der Waals surface area contributed by atoms with Crippen LogP contribution in [0.15, 0.2) is 12.4 Å². The van der Waals surface area contributed by atoms with Crippen LogP contribution in [0, 0.1) is 0 Å². The molecule has 1 aromatic heterocycles. The lowest BCUT2D eigenvalue weighted by atomic mass is 10.2. The molecule has 1 aromatic rings. The summed E-state index contributed by atoms with van der Waals surface area (Å²) in [6, 6.07) is 5.13. The van der Waals surface area contributed by atoms with Crippen LogP contribution < -0.4 is 5.32 Å². The van der Waals surface area contributed by atoms with E-state index in [9.17, 15) is 9.59 Å². The van der Waals surface area contributed by atoms with E-state index in [1.165, 1.54) is 18.1 Å². The van der Waals surface area contributed by atoms with Crippen LogP contribution in [0.3, 0.4) is 0 Å². The smallest absolute Gasteiger partial charge is 0.407 e. The summed E-state index contributed by atoms with van der Waals surface area (Å²) < 4.78 is 13.1. The van der Waals surface area contributed by atoms with Crippen LogP contribution in [0.1, 0.15) is 39.1 Å². The maximum Gasteiger partial charge on any atom is 0.407 e. The first kappa shape index (κ1) is 26.6. The van der Waals surface area contributed by atoms with E-state index in [1.54, 1.807) is 12.4 Å². The van der Waals surface area contributed by atoms with Gasteiger partial charge in [0.25, 0.3) is 0 Å². The number of ether oxygens (including phenoxy) is 2. The molecule has 1 rings (SSSR count). The fourth-order valence-corrected chi connectivity index (χ4v) is 7.28. The molecular formula is C21H41N3O4Si2. The highest BCUT2D eigenvalue weighted by Gasteiger charge is 2.27. The third-order valence-corrected chi connectivity index (χ3v) is 13.5. The predicted molar refractivity (Wildman–Crippen MR) is 126 cm³/mol. The van der Waals surface area contributed by atoms with Gasteiger partial charge in [-0.25, -0.2) is 9.78 Å². The second-order valence-corrected chi connectivity index (χ2v) is 20.4. The van der Waals surface area contributed by atoms with Crippen LogP contribution in [0.4, 0.5) is 4.79 Å². The molecule has 0 fully saturated rings. The lowest BCUT2D eigenvalue weighted by Gasteiger charge is -2.27. The highest BCUT2D eigenvalue weighted by Crippen LogP contribution is 2.25. The fraction of sp³-hybridized carbons (Fsp3) is 0.762. The summed E-state index contributed by atoms with van der Waals surface area (Å²) >= 11 is 0. The molecule has 9 heteroatoms. The Kier molecular flexibility index (Phi) is 11.6. The van der Waals surface area contributed by atoms with Crippen molar-refractivity contribution in [2.24, 2.45) is 0 Å². The lowest BCUT2D eigenvalue weighted by molar-refractivity contribution is -0.108. The SMILES string of the molecule is CC[Si](CC)(CC)CCOC(=O)NC(CC=O)c1nccn1COCC[Si](C)(C)C. The molecule has 0 saturated heterocycles. The van der Waals surface area contributed by atoms with Crippen molar-refractivity contribution in [1.82, 2.24) is 14.9 Å². The average Bonchev–Trinajstić information content (AvgIpc) is 3.16. The minimum absolute atomic E-state index is 0.137. The van der Waals surface area contributed by atoms with E-state index in [0.29, 0.717) is 25.8 Å². The Labute approximate surface area is 184 Å². The number of hydrogen-bond acceptors (Lipinski definition) is 5. The Morgan fingerprint density at radius 3 is 2.40 bits per heavy atom. The third kappa shape index (κ3) is 9.13. The van der Waals surface area contributed by atoms with E-state index in [1.807, 2.05) is 4.57 Å². The molecule has 172 valence electrons. The van der Waals surface area contributed by atoms with Crippen LogP contribution in [-0.4, -0.2) is 51.3 Å². The molecule has 0 bridgehead atoms. The third-order valence-electron chi connectivity index (χ3n) is 6.03. The summed E-state index contributed by atoms with van der Waals surface area (Å²) in [5.41, 5.74) is 0. The molecule has 0 aliphatic heterocycles. The predicted octanol–water partition coefficient (Wildman–Crippen LogP) is 5.06. The zero-order chi connectivity index (χ0) is 22.6. The summed E-state index contributed by atoms with van der Waals surface area (Å²) in [7, 11) is -2.48. The molecule has 1 N–H and O–H groups in total. The molecule has 0 aliphatic rings. The van der Waals surface area contributed by atoms with Gasteiger partial charge < -0.3 is 24.2 Å². The van der Waals surface area contributed by atoms with E-state index < -0.39 is 28.3 Å². The zero-order valence-electron chi connectivity index (χ0n) is 19.7. The lowest BCUT2D eigenvalue weighted by Crippen LogP contribution is -2.35. The average molecular weight is 456 g/mol. The Bertz CT molecular complexity index is 634. The molecular weight excluding hydrogens is 414 g/mol. The van der Waals surface area contributed by atoms with Gasteiger partial charge in [-0.05, 0) is 12.1 Å². The number of carbonyl (C=O) groups excluding carboxylic acids is 2. The second kappa shape index (κ2) is 13.1. The Balaban J connectivity index is 2.62. The molecule has 0 saturated carbocycles. The van der Waals surface area contributed by atoms with Crippen LogP contribution in [-0.2, 0) is 21.0 Å². The van der Waals surface area contributed by atoms with Crippen LogP contribution in [0.25, 0.3) is 0 Å². The monoisotopic (exact) mass is 455 g/mol. The maximum absolute atomic E-state index is 12.4. The largest absolute Gasteiger partial charge is 0.450 e. The Hall–Kier alpha value is -1.46. The molecule has 30 heavy (non-hydrogen) atoms. The van der Waals surface area contributed by atoms with E-state index >= 15 is 0 Å². The van der Waals surface area contributed by atoms with Crippen molar-refractivity contribution in [3.8, 4) is 0 Å². The van der Waals surface area contributed by atoms with E-state index in [-0.39, 0.29) is 6.42 Å². The van der Waals surface area contributed by atoms with Gasteiger partial charge in [0.05, 0.1) is 20.7 Å². The fourth-order valence-electron chi connectivity index (χ4n) is 3.43. The number of imidazole rings is 1. The first-order valence-electron chi connectivity index (χ1n) is 11.2. The van der Waals surface area contributed by atoms with Crippen molar-refractivity contribution in [1.29, 1.82) is 0 Å². The number of hydrogen-bond donors (Lipinski definition) is 1. The van der Waals surface area contributed by atoms with Crippen molar-refractivity contribution >= 4 is 28.5 Å². The summed E-state index contributed by atoms with van der Waals surface area (Å²) in [5, 5.41) is 2.81. The minimum atomic E-state index is -1.33. The van der Waals surface area contributed by atoms with E-state index in [4.69, 9.17) is 9.47 Å². The van der Waals surface area contributed by atoms with Crippen molar-refractivity contribution in [3.05, 3.63) is 18.2 Å². The quantitative estimate of drug-likeness (QED) is 0.227. The maximum atomic E-state index is 12.4. The van der Waals surface area contributed by atoms with Crippen molar-refractivity contribution < 1.29 is 19.1 Å². The summed E-state index contributed by atoms with van der Waals surface area (Å²) in [6.45, 7) is 15.1. The van der Waals surface area contributed by atoms with Gasteiger partial charge in [0.2, 0.25) is 0 Å². The molecule has 7 nitrogen and oxygen atoms in total. The summed E-state index contributed by atoms with van der Waals surface area (Å²) in [4.78, 5) is 27.9. The van der Waals surface area contributed by atoms with E-state index in [2.05, 4.69) is 50.7 Å². The standard InChI is InChI=1S/C21H41N3O4Si2/c1-7-30(8-2,9-3)17-15-28-21(26)23-19(10-13-25)20-22-11-12-24(20)18-27-14-16-29(4,5)6/h11-13,19H,7-10,14-18H2,1-6H3,(H,23,26). The van der Waals surface area contributed by atoms with Crippen molar-refractivity contribution in [2.75, 3.05) is 13.2 Å². The molecule has 0 spiro atoms. The molecule has 1 atom stereocenters. The molecule has 1 unspecified atom stereocenters.